The molecule has 1 N–H and O–H groups in total. The van der Waals surface area contributed by atoms with E-state index in [1.54, 1.807) is 0 Å². The van der Waals surface area contributed by atoms with Crippen molar-refractivity contribution in [2.75, 3.05) is 13.1 Å². The Kier molecular flexibility index (Phi) is 3.68. The predicted molar refractivity (Wildman–Crippen MR) is 81.1 cm³/mol. The van der Waals surface area contributed by atoms with Gasteiger partial charge in [-0.3, -0.25) is 9.69 Å². The number of fused-ring (bicyclic) bond motifs is 1. The average molecular weight is 287 g/mol. The Morgan fingerprint density at radius 1 is 1.43 bits per heavy atom. The van der Waals surface area contributed by atoms with Gasteiger partial charge in [0.05, 0.1) is 23.0 Å². The van der Waals surface area contributed by atoms with Gasteiger partial charge in [0.2, 0.25) is 0 Å². The van der Waals surface area contributed by atoms with E-state index in [0.29, 0.717) is 6.54 Å². The van der Waals surface area contributed by atoms with E-state index in [-0.39, 0.29) is 12.0 Å². The van der Waals surface area contributed by atoms with Crippen molar-refractivity contribution in [3.05, 3.63) is 30.1 Å². The van der Waals surface area contributed by atoms with Crippen LogP contribution in [0.5, 0.6) is 0 Å². The van der Waals surface area contributed by atoms with Crippen LogP contribution in [0.3, 0.4) is 0 Å². The summed E-state index contributed by atoms with van der Waals surface area (Å²) in [5, 5.41) is 9.23. The first-order chi connectivity index (χ1) is 10.1. The first kappa shape index (κ1) is 14.1. The van der Waals surface area contributed by atoms with E-state index in [0.717, 1.165) is 36.2 Å². The summed E-state index contributed by atoms with van der Waals surface area (Å²) in [6.45, 7) is 3.67. The van der Waals surface area contributed by atoms with Gasteiger partial charge < -0.3 is 9.67 Å². The van der Waals surface area contributed by atoms with Crippen LogP contribution in [0.2, 0.25) is 0 Å². The zero-order chi connectivity index (χ0) is 15.0. The average Bonchev–Trinajstić information content (AvgIpc) is 2.84. The fourth-order valence-electron chi connectivity index (χ4n) is 3.26. The second kappa shape index (κ2) is 5.48. The molecular weight excluding hydrogens is 266 g/mol. The number of piperidine rings is 1. The minimum Gasteiger partial charge on any atom is -0.481 e. The predicted octanol–water partition coefficient (Wildman–Crippen LogP) is 2.43. The number of aliphatic carboxylic acids is 1. The van der Waals surface area contributed by atoms with Gasteiger partial charge in [-0.2, -0.15) is 0 Å². The highest BCUT2D eigenvalue weighted by Gasteiger charge is 2.30. The molecule has 1 fully saturated rings. The number of carboxylic acids is 1. The van der Waals surface area contributed by atoms with Gasteiger partial charge in [0.15, 0.2) is 0 Å². The van der Waals surface area contributed by atoms with Gasteiger partial charge in [0, 0.05) is 13.6 Å². The van der Waals surface area contributed by atoms with E-state index in [1.807, 2.05) is 25.2 Å². The number of para-hydroxylation sites is 2. The summed E-state index contributed by atoms with van der Waals surface area (Å²) in [5.41, 5.74) is 2.11. The van der Waals surface area contributed by atoms with Gasteiger partial charge in [-0.1, -0.05) is 12.1 Å². The minimum atomic E-state index is -0.683. The lowest BCUT2D eigenvalue weighted by molar-refractivity contribution is -0.143. The van der Waals surface area contributed by atoms with Crippen LogP contribution < -0.4 is 0 Å². The van der Waals surface area contributed by atoms with Gasteiger partial charge in [0.1, 0.15) is 5.82 Å². The van der Waals surface area contributed by atoms with Crippen LogP contribution in [0.25, 0.3) is 11.0 Å². The molecule has 2 heterocycles. The molecule has 1 aliphatic heterocycles. The highest BCUT2D eigenvalue weighted by molar-refractivity contribution is 5.75. The van der Waals surface area contributed by atoms with Crippen molar-refractivity contribution in [2.45, 2.75) is 25.8 Å². The minimum absolute atomic E-state index is 0.129. The maximum Gasteiger partial charge on any atom is 0.307 e. The number of rotatable bonds is 3. The third kappa shape index (κ3) is 2.53. The molecule has 5 heteroatoms. The van der Waals surface area contributed by atoms with Crippen molar-refractivity contribution in [1.29, 1.82) is 0 Å². The molecule has 0 spiro atoms. The summed E-state index contributed by atoms with van der Waals surface area (Å²) in [6.07, 6.45) is 1.71. The van der Waals surface area contributed by atoms with Crippen molar-refractivity contribution < 1.29 is 9.90 Å². The SMILES string of the molecule is CC(c1nc2ccccc2n1C)N1CCCC(C(=O)O)C1. The fraction of sp³-hybridized carbons (Fsp3) is 0.500. The summed E-state index contributed by atoms with van der Waals surface area (Å²) in [6, 6.07) is 8.21. The molecule has 1 aliphatic rings. The normalized spacial score (nSPS) is 21.5. The zero-order valence-corrected chi connectivity index (χ0v) is 12.5. The maximum atomic E-state index is 11.2. The number of carbonyl (C=O) groups is 1. The van der Waals surface area contributed by atoms with E-state index in [4.69, 9.17) is 4.98 Å². The number of imidazole rings is 1. The lowest BCUT2D eigenvalue weighted by Crippen LogP contribution is -2.40. The quantitative estimate of drug-likeness (QED) is 0.942. The standard InChI is InChI=1S/C16H21N3O2/c1-11(19-9-5-6-12(10-19)16(20)21)15-17-13-7-3-4-8-14(13)18(15)2/h3-4,7-8,11-12H,5-6,9-10H2,1-2H3,(H,20,21). The third-order valence-electron chi connectivity index (χ3n) is 4.55. The van der Waals surface area contributed by atoms with Crippen LogP contribution in [0, 0.1) is 5.92 Å². The van der Waals surface area contributed by atoms with Crippen LogP contribution >= 0.6 is 0 Å². The molecule has 0 saturated carbocycles. The highest BCUT2D eigenvalue weighted by atomic mass is 16.4. The van der Waals surface area contributed by atoms with Crippen LogP contribution in [-0.4, -0.2) is 38.6 Å². The number of hydrogen-bond donors (Lipinski definition) is 1. The van der Waals surface area contributed by atoms with Crippen molar-refractivity contribution in [3.8, 4) is 0 Å². The molecule has 0 amide bonds. The molecule has 1 saturated heterocycles. The number of likely N-dealkylation sites (tertiary alicyclic amines) is 1. The van der Waals surface area contributed by atoms with E-state index < -0.39 is 5.97 Å². The topological polar surface area (TPSA) is 58.4 Å². The number of carboxylic acid groups (broad SMARTS) is 1. The van der Waals surface area contributed by atoms with Gasteiger partial charge in [-0.05, 0) is 38.4 Å². The zero-order valence-electron chi connectivity index (χ0n) is 12.5. The Bertz CT molecular complexity index is 665. The second-order valence-electron chi connectivity index (χ2n) is 5.87. The van der Waals surface area contributed by atoms with E-state index in [9.17, 15) is 9.90 Å². The van der Waals surface area contributed by atoms with E-state index in [1.165, 1.54) is 0 Å². The summed E-state index contributed by atoms with van der Waals surface area (Å²) < 4.78 is 2.12. The largest absolute Gasteiger partial charge is 0.481 e. The van der Waals surface area contributed by atoms with Crippen molar-refractivity contribution in [1.82, 2.24) is 14.5 Å². The summed E-state index contributed by atoms with van der Waals surface area (Å²) in [4.78, 5) is 18.2. The summed E-state index contributed by atoms with van der Waals surface area (Å²) >= 11 is 0. The molecule has 2 atom stereocenters. The fourth-order valence-corrected chi connectivity index (χ4v) is 3.26. The molecule has 112 valence electrons. The lowest BCUT2D eigenvalue weighted by atomic mass is 9.97. The van der Waals surface area contributed by atoms with E-state index >= 15 is 0 Å². The molecular formula is C16H21N3O2. The monoisotopic (exact) mass is 287 g/mol. The number of hydrogen-bond acceptors (Lipinski definition) is 3. The van der Waals surface area contributed by atoms with Crippen molar-refractivity contribution >= 4 is 17.0 Å². The van der Waals surface area contributed by atoms with Gasteiger partial charge in [-0.25, -0.2) is 4.98 Å². The highest BCUT2D eigenvalue weighted by Crippen LogP contribution is 2.28. The maximum absolute atomic E-state index is 11.2. The summed E-state index contributed by atoms with van der Waals surface area (Å²) in [5.74, 6) is 0.0648. The molecule has 1 aromatic heterocycles. The molecule has 2 aromatic rings. The second-order valence-corrected chi connectivity index (χ2v) is 5.87. The van der Waals surface area contributed by atoms with Crippen LogP contribution in [0.4, 0.5) is 0 Å². The third-order valence-corrected chi connectivity index (χ3v) is 4.55. The molecule has 1 aromatic carbocycles. The molecule has 5 nitrogen and oxygen atoms in total. The Morgan fingerprint density at radius 3 is 2.90 bits per heavy atom. The Hall–Kier alpha value is -1.88. The molecule has 2 unspecified atom stereocenters. The molecule has 21 heavy (non-hydrogen) atoms. The summed E-state index contributed by atoms with van der Waals surface area (Å²) in [7, 11) is 2.03. The van der Waals surface area contributed by atoms with Crippen LogP contribution in [0.15, 0.2) is 24.3 Å². The Morgan fingerprint density at radius 2 is 2.19 bits per heavy atom. The van der Waals surface area contributed by atoms with Crippen LogP contribution in [-0.2, 0) is 11.8 Å². The molecule has 3 rings (SSSR count). The first-order valence-electron chi connectivity index (χ1n) is 7.46. The Balaban J connectivity index is 1.88. The Labute approximate surface area is 124 Å². The lowest BCUT2D eigenvalue weighted by Gasteiger charge is -2.34. The smallest absolute Gasteiger partial charge is 0.307 e. The van der Waals surface area contributed by atoms with Gasteiger partial charge in [0.25, 0.3) is 0 Å². The first-order valence-corrected chi connectivity index (χ1v) is 7.46. The molecule has 0 aliphatic carbocycles. The van der Waals surface area contributed by atoms with Crippen LogP contribution in [0.1, 0.15) is 31.6 Å². The van der Waals surface area contributed by atoms with Crippen molar-refractivity contribution in [2.24, 2.45) is 13.0 Å². The van der Waals surface area contributed by atoms with Gasteiger partial charge in [-0.15, -0.1) is 0 Å². The van der Waals surface area contributed by atoms with Gasteiger partial charge >= 0.3 is 5.97 Å². The molecule has 0 bridgehead atoms. The van der Waals surface area contributed by atoms with E-state index in [2.05, 4.69) is 22.5 Å². The molecule has 0 radical (unpaired) electrons. The van der Waals surface area contributed by atoms with Crippen molar-refractivity contribution in [3.63, 3.8) is 0 Å². The number of benzene rings is 1. The number of aromatic nitrogens is 2. The number of aryl methyl sites for hydroxylation is 1. The number of nitrogens with zero attached hydrogens (tertiary/aromatic N) is 3.